The van der Waals surface area contributed by atoms with Crippen molar-refractivity contribution in [3.63, 3.8) is 0 Å². The van der Waals surface area contributed by atoms with Gasteiger partial charge in [0.25, 0.3) is 11.8 Å². The molecule has 1 aliphatic heterocycles. The minimum Gasteiger partial charge on any atom is -0.438 e. The van der Waals surface area contributed by atoms with E-state index in [-0.39, 0.29) is 44.1 Å². The second kappa shape index (κ2) is 7.04. The molecule has 132 valence electrons. The first kappa shape index (κ1) is 17.1. The van der Waals surface area contributed by atoms with E-state index >= 15 is 0 Å². The number of amides is 2. The molecule has 1 saturated heterocycles. The topological polar surface area (TPSA) is 75.4 Å². The predicted molar refractivity (Wildman–Crippen MR) is 88.5 cm³/mol. The van der Waals surface area contributed by atoms with E-state index in [2.05, 4.69) is 10.3 Å². The number of carbonyl (C=O) groups excluding carboxylic acids is 2. The first-order valence-corrected chi connectivity index (χ1v) is 8.20. The van der Waals surface area contributed by atoms with Gasteiger partial charge in [0, 0.05) is 32.5 Å². The Hall–Kier alpha value is -2.70. The number of rotatable bonds is 4. The maximum absolute atomic E-state index is 14.9. The van der Waals surface area contributed by atoms with Gasteiger partial charge in [-0.1, -0.05) is 30.3 Å². The number of aryl methyl sites for hydroxylation is 1. The fourth-order valence-electron chi connectivity index (χ4n) is 2.88. The number of oxazole rings is 1. The Balaban J connectivity index is 1.55. The monoisotopic (exact) mass is 345 g/mol. The molecule has 1 aromatic heterocycles. The lowest BCUT2D eigenvalue weighted by molar-refractivity contribution is -0.135. The molecule has 1 aliphatic rings. The molecule has 25 heavy (non-hydrogen) atoms. The molecule has 1 aromatic carbocycles. The minimum atomic E-state index is -1.96. The number of halogens is 1. The zero-order valence-electron chi connectivity index (χ0n) is 14.0. The Bertz CT molecular complexity index is 752. The molecule has 2 aromatic rings. The Kier molecular flexibility index (Phi) is 4.83. The maximum atomic E-state index is 14.9. The molecule has 0 unspecified atom stereocenters. The fraction of sp³-hybridized carbons (Fsp3) is 0.389. The average Bonchev–Trinajstić information content (AvgIpc) is 3.06. The molecule has 0 atom stereocenters. The van der Waals surface area contributed by atoms with Crippen LogP contribution in [0.2, 0.25) is 0 Å². The first-order valence-electron chi connectivity index (χ1n) is 8.20. The van der Waals surface area contributed by atoms with Crippen LogP contribution in [0.1, 0.15) is 34.7 Å². The zero-order chi connectivity index (χ0) is 17.9. The molecule has 6 nitrogen and oxygen atoms in total. The number of nitrogens with one attached hydrogen (secondary N) is 1. The van der Waals surface area contributed by atoms with Crippen LogP contribution in [-0.4, -0.2) is 40.5 Å². The van der Waals surface area contributed by atoms with Crippen LogP contribution in [0, 0.1) is 6.92 Å². The minimum absolute atomic E-state index is 0.0352. The highest BCUT2D eigenvalue weighted by Gasteiger charge is 2.43. The van der Waals surface area contributed by atoms with E-state index in [1.165, 1.54) is 11.3 Å². The van der Waals surface area contributed by atoms with Gasteiger partial charge in [-0.25, -0.2) is 9.37 Å². The Morgan fingerprint density at radius 2 is 1.96 bits per heavy atom. The quantitative estimate of drug-likeness (QED) is 0.922. The molecule has 0 bridgehead atoms. The van der Waals surface area contributed by atoms with Crippen molar-refractivity contribution in [3.05, 3.63) is 53.7 Å². The van der Waals surface area contributed by atoms with Crippen LogP contribution < -0.4 is 5.32 Å². The van der Waals surface area contributed by atoms with Crippen LogP contribution in [0.25, 0.3) is 0 Å². The standard InChI is InChI=1S/C18H20FN3O3/c1-13-15(25-12-21-13)16(23)22-9-7-18(19,8-10-22)17(24)20-11-14-5-3-2-4-6-14/h2-6,12H,7-11H2,1H3,(H,20,24). The van der Waals surface area contributed by atoms with Gasteiger partial charge in [0.2, 0.25) is 5.76 Å². The van der Waals surface area contributed by atoms with Gasteiger partial charge in [0.1, 0.15) is 0 Å². The van der Waals surface area contributed by atoms with Crippen LogP contribution in [0.3, 0.4) is 0 Å². The van der Waals surface area contributed by atoms with Gasteiger partial charge >= 0.3 is 0 Å². The van der Waals surface area contributed by atoms with E-state index in [1.54, 1.807) is 6.92 Å². The third kappa shape index (κ3) is 3.70. The molecule has 2 amide bonds. The summed E-state index contributed by atoms with van der Waals surface area (Å²) in [5, 5.41) is 2.64. The van der Waals surface area contributed by atoms with Crippen molar-refractivity contribution < 1.29 is 18.4 Å². The highest BCUT2D eigenvalue weighted by molar-refractivity contribution is 5.93. The Morgan fingerprint density at radius 3 is 2.56 bits per heavy atom. The number of piperidine rings is 1. The highest BCUT2D eigenvalue weighted by atomic mass is 19.1. The lowest BCUT2D eigenvalue weighted by Crippen LogP contribution is -2.52. The zero-order valence-corrected chi connectivity index (χ0v) is 14.0. The highest BCUT2D eigenvalue weighted by Crippen LogP contribution is 2.28. The lowest BCUT2D eigenvalue weighted by atomic mass is 9.92. The molecule has 1 fully saturated rings. The SMILES string of the molecule is Cc1ncoc1C(=O)N1CCC(F)(C(=O)NCc2ccccc2)CC1. The summed E-state index contributed by atoms with van der Waals surface area (Å²) in [6.07, 6.45) is 1.14. The van der Waals surface area contributed by atoms with Crippen LogP contribution in [-0.2, 0) is 11.3 Å². The molecule has 0 spiro atoms. The molecular formula is C18H20FN3O3. The van der Waals surface area contributed by atoms with Crippen molar-refractivity contribution in [1.29, 1.82) is 0 Å². The molecule has 2 heterocycles. The summed E-state index contributed by atoms with van der Waals surface area (Å²) in [7, 11) is 0. The van der Waals surface area contributed by atoms with E-state index in [0.717, 1.165) is 5.56 Å². The average molecular weight is 345 g/mol. The van der Waals surface area contributed by atoms with Crippen LogP contribution in [0.5, 0.6) is 0 Å². The van der Waals surface area contributed by atoms with Crippen molar-refractivity contribution >= 4 is 11.8 Å². The van der Waals surface area contributed by atoms with Gasteiger partial charge in [-0.15, -0.1) is 0 Å². The summed E-state index contributed by atoms with van der Waals surface area (Å²) in [6.45, 7) is 2.28. The number of aromatic nitrogens is 1. The summed E-state index contributed by atoms with van der Waals surface area (Å²) >= 11 is 0. The molecule has 0 radical (unpaired) electrons. The molecule has 1 N–H and O–H groups in total. The van der Waals surface area contributed by atoms with Gasteiger partial charge < -0.3 is 14.6 Å². The number of likely N-dealkylation sites (tertiary alicyclic amines) is 1. The Morgan fingerprint density at radius 1 is 1.28 bits per heavy atom. The summed E-state index contributed by atoms with van der Waals surface area (Å²) in [5.74, 6) is -0.777. The number of carbonyl (C=O) groups is 2. The van der Waals surface area contributed by atoms with Gasteiger partial charge in [-0.2, -0.15) is 0 Å². The number of benzene rings is 1. The number of nitrogens with zero attached hydrogens (tertiary/aromatic N) is 2. The van der Waals surface area contributed by atoms with Gasteiger partial charge in [-0.3, -0.25) is 9.59 Å². The van der Waals surface area contributed by atoms with E-state index in [4.69, 9.17) is 4.42 Å². The number of hydrogen-bond donors (Lipinski definition) is 1. The van der Waals surface area contributed by atoms with Crippen molar-refractivity contribution in [2.75, 3.05) is 13.1 Å². The van der Waals surface area contributed by atoms with Crippen LogP contribution in [0.15, 0.2) is 41.1 Å². The summed E-state index contributed by atoms with van der Waals surface area (Å²) < 4.78 is 20.0. The summed E-state index contributed by atoms with van der Waals surface area (Å²) in [4.78, 5) is 30.0. The summed E-state index contributed by atoms with van der Waals surface area (Å²) in [5.41, 5.74) is -0.544. The van der Waals surface area contributed by atoms with Crippen molar-refractivity contribution in [2.24, 2.45) is 0 Å². The van der Waals surface area contributed by atoms with E-state index < -0.39 is 11.6 Å². The molecule has 0 aliphatic carbocycles. The smallest absolute Gasteiger partial charge is 0.291 e. The first-order chi connectivity index (χ1) is 12.0. The van der Waals surface area contributed by atoms with E-state index in [0.29, 0.717) is 5.69 Å². The van der Waals surface area contributed by atoms with Crippen molar-refractivity contribution in [3.8, 4) is 0 Å². The largest absolute Gasteiger partial charge is 0.438 e. The van der Waals surface area contributed by atoms with Gasteiger partial charge in [-0.05, 0) is 12.5 Å². The summed E-state index contributed by atoms with van der Waals surface area (Å²) in [6, 6.07) is 9.34. The lowest BCUT2D eigenvalue weighted by Gasteiger charge is -2.35. The molecular weight excluding hydrogens is 325 g/mol. The van der Waals surface area contributed by atoms with Gasteiger partial charge in [0.15, 0.2) is 12.1 Å². The maximum Gasteiger partial charge on any atom is 0.291 e. The van der Waals surface area contributed by atoms with Crippen LogP contribution >= 0.6 is 0 Å². The second-order valence-corrected chi connectivity index (χ2v) is 6.19. The predicted octanol–water partition coefficient (Wildman–Crippen LogP) is 2.24. The van der Waals surface area contributed by atoms with E-state index in [1.807, 2.05) is 30.3 Å². The number of alkyl halides is 1. The molecule has 0 saturated carbocycles. The third-order valence-electron chi connectivity index (χ3n) is 4.49. The van der Waals surface area contributed by atoms with Gasteiger partial charge in [0.05, 0.1) is 5.69 Å². The van der Waals surface area contributed by atoms with Crippen molar-refractivity contribution in [2.45, 2.75) is 32.0 Å². The van der Waals surface area contributed by atoms with Crippen molar-refractivity contribution in [1.82, 2.24) is 15.2 Å². The second-order valence-electron chi connectivity index (χ2n) is 6.19. The molecule has 3 rings (SSSR count). The number of hydrogen-bond acceptors (Lipinski definition) is 4. The fourth-order valence-corrected chi connectivity index (χ4v) is 2.88. The third-order valence-corrected chi connectivity index (χ3v) is 4.49. The van der Waals surface area contributed by atoms with E-state index in [9.17, 15) is 14.0 Å². The molecule has 7 heteroatoms. The normalized spacial score (nSPS) is 16.5. The Labute approximate surface area is 145 Å². The van der Waals surface area contributed by atoms with Crippen LogP contribution in [0.4, 0.5) is 4.39 Å².